The predicted octanol–water partition coefficient (Wildman–Crippen LogP) is 4.24. The van der Waals surface area contributed by atoms with Crippen molar-refractivity contribution < 1.29 is 9.84 Å². The maximum absolute atomic E-state index is 9.28. The van der Waals surface area contributed by atoms with Gasteiger partial charge in [0, 0.05) is 10.6 Å². The molecular weight excluding hydrogens is 248 g/mol. The number of aliphatic hydroxyl groups is 1. The van der Waals surface area contributed by atoms with Crippen LogP contribution in [0, 0.1) is 13.8 Å². The highest BCUT2D eigenvalue weighted by atomic mass is 35.5. The van der Waals surface area contributed by atoms with Gasteiger partial charge in [0.25, 0.3) is 0 Å². The van der Waals surface area contributed by atoms with E-state index in [1.54, 1.807) is 18.2 Å². The van der Waals surface area contributed by atoms with E-state index in [2.05, 4.69) is 6.07 Å². The Hall–Kier alpha value is -1.51. The molecular formula is C15H15ClO2. The zero-order valence-electron chi connectivity index (χ0n) is 10.4. The van der Waals surface area contributed by atoms with Crippen LogP contribution in [0.15, 0.2) is 36.4 Å². The van der Waals surface area contributed by atoms with E-state index in [0.29, 0.717) is 10.8 Å². The van der Waals surface area contributed by atoms with Gasteiger partial charge in [0.15, 0.2) is 0 Å². The van der Waals surface area contributed by atoms with Gasteiger partial charge in [-0.2, -0.15) is 0 Å². The molecule has 2 rings (SSSR count). The van der Waals surface area contributed by atoms with Crippen LogP contribution in [0.2, 0.25) is 5.02 Å². The Morgan fingerprint density at radius 1 is 1.06 bits per heavy atom. The summed E-state index contributed by atoms with van der Waals surface area (Å²) in [5.41, 5.74) is 2.96. The van der Waals surface area contributed by atoms with Gasteiger partial charge < -0.3 is 9.84 Å². The summed E-state index contributed by atoms with van der Waals surface area (Å²) in [4.78, 5) is 0. The zero-order chi connectivity index (χ0) is 13.1. The molecule has 0 unspecified atom stereocenters. The molecule has 0 saturated heterocycles. The minimum atomic E-state index is -0.0720. The summed E-state index contributed by atoms with van der Waals surface area (Å²) < 4.78 is 5.82. The molecule has 0 radical (unpaired) electrons. The van der Waals surface area contributed by atoms with Gasteiger partial charge in [-0.25, -0.2) is 0 Å². The lowest BCUT2D eigenvalue weighted by Crippen LogP contribution is -1.93. The van der Waals surface area contributed by atoms with Gasteiger partial charge in [-0.3, -0.25) is 0 Å². The van der Waals surface area contributed by atoms with Crippen molar-refractivity contribution in [3.63, 3.8) is 0 Å². The van der Waals surface area contributed by atoms with Crippen molar-refractivity contribution in [1.29, 1.82) is 0 Å². The molecule has 0 spiro atoms. The number of aliphatic hydroxyl groups excluding tert-OH is 1. The standard InChI is InChI=1S/C15H15ClO2/c1-10-3-6-14(11(2)7-10)18-15-8-13(16)5-4-12(15)9-17/h3-8,17H,9H2,1-2H3. The fourth-order valence-electron chi connectivity index (χ4n) is 1.79. The highest BCUT2D eigenvalue weighted by Gasteiger charge is 2.07. The van der Waals surface area contributed by atoms with E-state index in [0.717, 1.165) is 16.9 Å². The molecule has 0 aliphatic rings. The van der Waals surface area contributed by atoms with E-state index in [9.17, 15) is 5.11 Å². The van der Waals surface area contributed by atoms with E-state index in [-0.39, 0.29) is 6.61 Å². The number of hydrogen-bond donors (Lipinski definition) is 1. The second-order valence-electron chi connectivity index (χ2n) is 4.28. The van der Waals surface area contributed by atoms with Crippen LogP contribution in [0.1, 0.15) is 16.7 Å². The van der Waals surface area contributed by atoms with Crippen molar-refractivity contribution in [1.82, 2.24) is 0 Å². The van der Waals surface area contributed by atoms with E-state index in [1.165, 1.54) is 5.56 Å². The first-order valence-electron chi connectivity index (χ1n) is 5.74. The van der Waals surface area contributed by atoms with Gasteiger partial charge >= 0.3 is 0 Å². The average molecular weight is 263 g/mol. The molecule has 0 aliphatic carbocycles. The fourth-order valence-corrected chi connectivity index (χ4v) is 1.95. The molecule has 94 valence electrons. The molecule has 0 atom stereocenters. The number of benzene rings is 2. The molecule has 0 amide bonds. The lowest BCUT2D eigenvalue weighted by molar-refractivity contribution is 0.276. The third-order valence-corrected chi connectivity index (χ3v) is 2.98. The molecule has 1 N–H and O–H groups in total. The van der Waals surface area contributed by atoms with Crippen molar-refractivity contribution in [3.05, 3.63) is 58.1 Å². The summed E-state index contributed by atoms with van der Waals surface area (Å²) in [7, 11) is 0. The average Bonchev–Trinajstić information content (AvgIpc) is 2.33. The van der Waals surface area contributed by atoms with Crippen LogP contribution >= 0.6 is 11.6 Å². The topological polar surface area (TPSA) is 29.5 Å². The van der Waals surface area contributed by atoms with Crippen LogP contribution in [-0.4, -0.2) is 5.11 Å². The lowest BCUT2D eigenvalue weighted by atomic mass is 10.1. The Kier molecular flexibility index (Phi) is 3.90. The summed E-state index contributed by atoms with van der Waals surface area (Å²) in [5, 5.41) is 9.87. The SMILES string of the molecule is Cc1ccc(Oc2cc(Cl)ccc2CO)c(C)c1. The Labute approximate surface area is 112 Å². The molecule has 3 heteroatoms. The van der Waals surface area contributed by atoms with Crippen LogP contribution in [0.3, 0.4) is 0 Å². The van der Waals surface area contributed by atoms with Gasteiger partial charge in [-0.05, 0) is 37.6 Å². The second-order valence-corrected chi connectivity index (χ2v) is 4.72. The Bertz CT molecular complexity index is 564. The lowest BCUT2D eigenvalue weighted by Gasteiger charge is -2.12. The van der Waals surface area contributed by atoms with Crippen LogP contribution in [0.5, 0.6) is 11.5 Å². The minimum absolute atomic E-state index is 0.0720. The van der Waals surface area contributed by atoms with Gasteiger partial charge in [-0.1, -0.05) is 35.4 Å². The first-order chi connectivity index (χ1) is 8.60. The first kappa shape index (κ1) is 12.9. The summed E-state index contributed by atoms with van der Waals surface area (Å²) in [5.74, 6) is 1.37. The number of aryl methyl sites for hydroxylation is 2. The number of halogens is 1. The second kappa shape index (κ2) is 5.42. The molecule has 2 aromatic rings. The molecule has 0 saturated carbocycles. The van der Waals surface area contributed by atoms with Gasteiger partial charge in [0.1, 0.15) is 11.5 Å². The van der Waals surface area contributed by atoms with Crippen molar-refractivity contribution >= 4 is 11.6 Å². The molecule has 2 aromatic carbocycles. The molecule has 0 heterocycles. The summed E-state index contributed by atoms with van der Waals surface area (Å²) >= 11 is 5.94. The zero-order valence-corrected chi connectivity index (χ0v) is 11.2. The summed E-state index contributed by atoms with van der Waals surface area (Å²) in [6, 6.07) is 11.2. The van der Waals surface area contributed by atoms with Crippen LogP contribution < -0.4 is 4.74 Å². The largest absolute Gasteiger partial charge is 0.457 e. The molecule has 0 bridgehead atoms. The van der Waals surface area contributed by atoms with E-state index in [1.807, 2.05) is 26.0 Å². The van der Waals surface area contributed by atoms with E-state index < -0.39 is 0 Å². The Balaban J connectivity index is 2.36. The highest BCUT2D eigenvalue weighted by Crippen LogP contribution is 2.30. The van der Waals surface area contributed by atoms with Crippen molar-refractivity contribution in [2.24, 2.45) is 0 Å². The van der Waals surface area contributed by atoms with E-state index >= 15 is 0 Å². The normalized spacial score (nSPS) is 10.4. The molecule has 0 aromatic heterocycles. The molecule has 18 heavy (non-hydrogen) atoms. The van der Waals surface area contributed by atoms with Gasteiger partial charge in [0.2, 0.25) is 0 Å². The van der Waals surface area contributed by atoms with Gasteiger partial charge in [-0.15, -0.1) is 0 Å². The van der Waals surface area contributed by atoms with Crippen LogP contribution in [0.25, 0.3) is 0 Å². The Morgan fingerprint density at radius 3 is 2.50 bits per heavy atom. The third kappa shape index (κ3) is 2.84. The summed E-state index contributed by atoms with van der Waals surface area (Å²) in [6.45, 7) is 3.96. The maximum atomic E-state index is 9.28. The molecule has 2 nitrogen and oxygen atoms in total. The molecule has 0 aliphatic heterocycles. The molecule has 0 fully saturated rings. The van der Waals surface area contributed by atoms with Crippen LogP contribution in [-0.2, 0) is 6.61 Å². The van der Waals surface area contributed by atoms with Crippen molar-refractivity contribution in [2.45, 2.75) is 20.5 Å². The van der Waals surface area contributed by atoms with E-state index in [4.69, 9.17) is 16.3 Å². The van der Waals surface area contributed by atoms with Gasteiger partial charge in [0.05, 0.1) is 6.61 Å². The smallest absolute Gasteiger partial charge is 0.134 e. The third-order valence-electron chi connectivity index (χ3n) is 2.75. The quantitative estimate of drug-likeness (QED) is 0.896. The van der Waals surface area contributed by atoms with Crippen LogP contribution in [0.4, 0.5) is 0 Å². The maximum Gasteiger partial charge on any atom is 0.134 e. The van der Waals surface area contributed by atoms with Crippen molar-refractivity contribution in [2.75, 3.05) is 0 Å². The first-order valence-corrected chi connectivity index (χ1v) is 6.12. The minimum Gasteiger partial charge on any atom is -0.457 e. The fraction of sp³-hybridized carbons (Fsp3) is 0.200. The monoisotopic (exact) mass is 262 g/mol. The predicted molar refractivity (Wildman–Crippen MR) is 73.4 cm³/mol. The number of hydrogen-bond acceptors (Lipinski definition) is 2. The highest BCUT2D eigenvalue weighted by molar-refractivity contribution is 6.30. The summed E-state index contributed by atoms with van der Waals surface area (Å²) in [6.07, 6.45) is 0. The number of ether oxygens (including phenoxy) is 1. The number of rotatable bonds is 3. The van der Waals surface area contributed by atoms with Crippen molar-refractivity contribution in [3.8, 4) is 11.5 Å². The Morgan fingerprint density at radius 2 is 1.83 bits per heavy atom.